The molecule has 0 heterocycles. The number of quaternary nitrogens is 1. The highest BCUT2D eigenvalue weighted by Gasteiger charge is 2.27. The molecule has 83 heavy (non-hydrogen) atoms. The Bertz CT molecular complexity index is 1540. The molecule has 1 N–H and O–H groups in total. The van der Waals surface area contributed by atoms with Crippen molar-refractivity contribution in [2.45, 2.75) is 360 Å². The fourth-order valence-electron chi connectivity index (χ4n) is 10.7. The average Bonchev–Trinajstić information content (AvgIpc) is 3.49. The Balaban J connectivity index is 3.96. The van der Waals surface area contributed by atoms with Crippen molar-refractivity contribution in [3.05, 3.63) is 48.6 Å². The zero-order valence-electron chi connectivity index (χ0n) is 55.7. The quantitative estimate of drug-likeness (QED) is 0.0211. The van der Waals surface area contributed by atoms with E-state index in [0.29, 0.717) is 23.9 Å². The number of esters is 2. The van der Waals surface area contributed by atoms with Gasteiger partial charge in [-0.3, -0.25) is 18.6 Å². The Morgan fingerprint density at radius 1 is 0.386 bits per heavy atom. The van der Waals surface area contributed by atoms with Crippen molar-refractivity contribution in [3.63, 3.8) is 0 Å². The number of rotatable bonds is 67. The molecule has 0 saturated heterocycles. The smallest absolute Gasteiger partial charge is 0.462 e. The molecule has 2 unspecified atom stereocenters. The van der Waals surface area contributed by atoms with Crippen LogP contribution in [-0.4, -0.2) is 74.9 Å². The molecule has 0 saturated carbocycles. The lowest BCUT2D eigenvalue weighted by atomic mass is 10.0. The summed E-state index contributed by atoms with van der Waals surface area (Å²) < 4.78 is 34.8. The fourth-order valence-corrected chi connectivity index (χ4v) is 11.4. The summed E-state index contributed by atoms with van der Waals surface area (Å²) in [6, 6.07) is 0. The molecule has 488 valence electrons. The Kier molecular flexibility index (Phi) is 62.9. The summed E-state index contributed by atoms with van der Waals surface area (Å²) in [5.41, 5.74) is 0. The molecule has 0 aliphatic carbocycles. The molecule has 0 radical (unpaired) electrons. The van der Waals surface area contributed by atoms with E-state index in [9.17, 15) is 19.0 Å². The van der Waals surface area contributed by atoms with Gasteiger partial charge in [-0.15, -0.1) is 0 Å². The number of nitrogens with zero attached hydrogens (tertiary/aromatic N) is 1. The summed E-state index contributed by atoms with van der Waals surface area (Å²) in [4.78, 5) is 35.9. The summed E-state index contributed by atoms with van der Waals surface area (Å²) in [5.74, 6) is -0.774. The van der Waals surface area contributed by atoms with Gasteiger partial charge in [0.1, 0.15) is 19.8 Å². The van der Waals surface area contributed by atoms with Gasteiger partial charge in [0.2, 0.25) is 0 Å². The van der Waals surface area contributed by atoms with E-state index in [0.717, 1.165) is 57.8 Å². The standard InChI is InChI=1S/C73H138NO8P/c1-6-8-10-12-14-16-18-20-22-24-26-28-30-32-33-34-35-36-37-38-39-40-41-42-44-46-48-50-52-54-56-58-60-62-64-66-73(76)82-71(70-81-83(77,78)80-68-67-74(3,4)5)69-79-72(75)65-63-61-59-57-55-53-51-49-47-45-43-31-29-27-25-23-21-19-17-15-13-11-9-7-2/h8,10,14,16,20,22,26,28,71H,6-7,9,11-13,15,17-19,21,23-25,27,29-70H2,1-5H3/p+1/b10-8-,16-14-,22-20-,28-26-. The van der Waals surface area contributed by atoms with Crippen molar-refractivity contribution in [1.82, 2.24) is 0 Å². The van der Waals surface area contributed by atoms with Gasteiger partial charge in [0.25, 0.3) is 0 Å². The molecular weight excluding hydrogens is 1050 g/mol. The van der Waals surface area contributed by atoms with Crippen LogP contribution in [0, 0.1) is 0 Å². The maximum Gasteiger partial charge on any atom is 0.472 e. The van der Waals surface area contributed by atoms with E-state index in [4.69, 9.17) is 18.5 Å². The van der Waals surface area contributed by atoms with E-state index in [1.807, 2.05) is 21.1 Å². The molecule has 0 bridgehead atoms. The van der Waals surface area contributed by atoms with Gasteiger partial charge in [0.15, 0.2) is 6.10 Å². The average molecular weight is 1190 g/mol. The van der Waals surface area contributed by atoms with Gasteiger partial charge < -0.3 is 18.9 Å². The van der Waals surface area contributed by atoms with Crippen molar-refractivity contribution in [2.75, 3.05) is 47.5 Å². The van der Waals surface area contributed by atoms with Gasteiger partial charge >= 0.3 is 19.8 Å². The molecule has 10 heteroatoms. The van der Waals surface area contributed by atoms with Gasteiger partial charge in [0, 0.05) is 12.8 Å². The van der Waals surface area contributed by atoms with E-state index < -0.39 is 26.5 Å². The van der Waals surface area contributed by atoms with Crippen molar-refractivity contribution in [2.24, 2.45) is 0 Å². The number of hydrogen-bond acceptors (Lipinski definition) is 7. The monoisotopic (exact) mass is 1190 g/mol. The van der Waals surface area contributed by atoms with Crippen LogP contribution in [0.25, 0.3) is 0 Å². The van der Waals surface area contributed by atoms with Gasteiger partial charge in [-0.2, -0.15) is 0 Å². The van der Waals surface area contributed by atoms with Crippen LogP contribution in [0.1, 0.15) is 354 Å². The fraction of sp³-hybridized carbons (Fsp3) is 0.863. The second-order valence-corrected chi connectivity index (χ2v) is 27.1. The molecule has 0 aromatic heterocycles. The van der Waals surface area contributed by atoms with Gasteiger partial charge in [-0.25, -0.2) is 4.57 Å². The predicted molar refractivity (Wildman–Crippen MR) is 358 cm³/mol. The lowest BCUT2D eigenvalue weighted by Gasteiger charge is -2.24. The van der Waals surface area contributed by atoms with Gasteiger partial charge in [-0.05, 0) is 51.4 Å². The number of carbonyl (C=O) groups excluding carboxylic acids is 2. The lowest BCUT2D eigenvalue weighted by molar-refractivity contribution is -0.870. The third-order valence-electron chi connectivity index (χ3n) is 16.1. The highest BCUT2D eigenvalue weighted by Crippen LogP contribution is 2.43. The van der Waals surface area contributed by atoms with Crippen LogP contribution in [0.15, 0.2) is 48.6 Å². The summed E-state index contributed by atoms with van der Waals surface area (Å²) in [7, 11) is 1.50. The second kappa shape index (κ2) is 64.4. The summed E-state index contributed by atoms with van der Waals surface area (Å²) in [6.07, 6.45) is 83.7. The zero-order chi connectivity index (χ0) is 60.5. The Morgan fingerprint density at radius 3 is 1.02 bits per heavy atom. The van der Waals surface area contributed by atoms with Crippen LogP contribution in [-0.2, 0) is 32.7 Å². The Hall–Kier alpha value is -2.03. The molecule has 0 spiro atoms. The minimum Gasteiger partial charge on any atom is -0.462 e. The third-order valence-corrected chi connectivity index (χ3v) is 17.1. The van der Waals surface area contributed by atoms with E-state index >= 15 is 0 Å². The molecule has 2 atom stereocenters. The first kappa shape index (κ1) is 81.0. The Labute approximate surface area is 515 Å². The van der Waals surface area contributed by atoms with Gasteiger partial charge in [0.05, 0.1) is 27.7 Å². The van der Waals surface area contributed by atoms with Crippen molar-refractivity contribution in [1.29, 1.82) is 0 Å². The predicted octanol–water partition coefficient (Wildman–Crippen LogP) is 23.2. The summed E-state index contributed by atoms with van der Waals surface area (Å²) in [6.45, 7) is 4.39. The maximum absolute atomic E-state index is 12.9. The molecule has 0 rings (SSSR count). The highest BCUT2D eigenvalue weighted by molar-refractivity contribution is 7.47. The first-order chi connectivity index (χ1) is 40.5. The molecule has 0 aliphatic rings. The van der Waals surface area contributed by atoms with E-state index in [-0.39, 0.29) is 25.6 Å². The van der Waals surface area contributed by atoms with Crippen LogP contribution >= 0.6 is 7.82 Å². The first-order valence-corrected chi connectivity index (χ1v) is 37.4. The van der Waals surface area contributed by atoms with Crippen molar-refractivity contribution in [3.8, 4) is 0 Å². The Morgan fingerprint density at radius 2 is 0.687 bits per heavy atom. The van der Waals surface area contributed by atoms with E-state index in [1.165, 1.54) is 263 Å². The van der Waals surface area contributed by atoms with E-state index in [2.05, 4.69) is 62.5 Å². The second-order valence-electron chi connectivity index (χ2n) is 25.6. The topological polar surface area (TPSA) is 108 Å². The lowest BCUT2D eigenvalue weighted by Crippen LogP contribution is -2.37. The van der Waals surface area contributed by atoms with Crippen LogP contribution in [0.4, 0.5) is 0 Å². The molecular formula is C73H139NO8P+. The number of unbranched alkanes of at least 4 members (excludes halogenated alkanes) is 45. The van der Waals surface area contributed by atoms with Crippen LogP contribution < -0.4 is 0 Å². The number of phosphoric acid groups is 1. The number of allylic oxidation sites excluding steroid dienone is 8. The molecule has 0 aromatic carbocycles. The minimum absolute atomic E-state index is 0.0349. The number of carbonyl (C=O) groups is 2. The van der Waals surface area contributed by atoms with E-state index in [1.54, 1.807) is 0 Å². The number of ether oxygens (including phenoxy) is 2. The molecule has 0 aromatic rings. The number of likely N-dealkylation sites (N-methyl/N-ethyl adjacent to an activating group) is 1. The zero-order valence-corrected chi connectivity index (χ0v) is 56.6. The SMILES string of the molecule is CC/C=C\C/C=C\C/C=C\C/C=C\CCCCCCCCCCCCCCCCCCCCCCCCC(=O)OC(COC(=O)CCCCCCCCCCCCCCCCCCCCCCCCCC)COP(=O)(O)OCC[N+](C)(C)C. The summed E-state index contributed by atoms with van der Waals surface area (Å²) in [5, 5.41) is 0. The van der Waals surface area contributed by atoms with Crippen molar-refractivity contribution < 1.29 is 42.1 Å². The highest BCUT2D eigenvalue weighted by atomic mass is 31.2. The molecule has 9 nitrogen and oxygen atoms in total. The third kappa shape index (κ3) is 68.9. The van der Waals surface area contributed by atoms with Gasteiger partial charge in [-0.1, -0.05) is 339 Å². The van der Waals surface area contributed by atoms with Crippen molar-refractivity contribution >= 4 is 19.8 Å². The first-order valence-electron chi connectivity index (χ1n) is 35.9. The number of phosphoric ester groups is 1. The molecule has 0 amide bonds. The largest absolute Gasteiger partial charge is 0.472 e. The minimum atomic E-state index is -4.39. The maximum atomic E-state index is 12.9. The van der Waals surface area contributed by atoms with Crippen LogP contribution in [0.3, 0.4) is 0 Å². The van der Waals surface area contributed by atoms with Crippen LogP contribution in [0.5, 0.6) is 0 Å². The molecule has 0 aliphatic heterocycles. The molecule has 0 fully saturated rings. The normalized spacial score (nSPS) is 13.4. The van der Waals surface area contributed by atoms with Crippen LogP contribution in [0.2, 0.25) is 0 Å². The number of hydrogen-bond donors (Lipinski definition) is 1. The summed E-state index contributed by atoms with van der Waals surface area (Å²) >= 11 is 0.